The van der Waals surface area contributed by atoms with Crippen LogP contribution in [0.2, 0.25) is 0 Å². The van der Waals surface area contributed by atoms with Crippen molar-refractivity contribution in [3.8, 4) is 5.75 Å². The second-order valence-corrected chi connectivity index (χ2v) is 7.25. The second-order valence-electron chi connectivity index (χ2n) is 6.25. The van der Waals surface area contributed by atoms with E-state index < -0.39 is 5.97 Å². The summed E-state index contributed by atoms with van der Waals surface area (Å²) in [5, 5.41) is 20.1. The van der Waals surface area contributed by atoms with E-state index in [1.807, 2.05) is 23.5 Å². The van der Waals surface area contributed by atoms with Crippen molar-refractivity contribution in [2.45, 2.75) is 57.8 Å². The minimum absolute atomic E-state index is 0.295. The van der Waals surface area contributed by atoms with Crippen LogP contribution in [0.5, 0.6) is 5.75 Å². The zero-order chi connectivity index (χ0) is 17.2. The van der Waals surface area contributed by atoms with Gasteiger partial charge in [-0.25, -0.2) is 0 Å². The van der Waals surface area contributed by atoms with E-state index in [9.17, 15) is 9.90 Å². The number of phenolic OH excluding ortho intramolecular Hbond substituents is 1. The molecule has 2 N–H and O–H groups in total. The van der Waals surface area contributed by atoms with Gasteiger partial charge in [0.15, 0.2) is 0 Å². The quantitative estimate of drug-likeness (QED) is 0.549. The molecule has 2 aromatic rings. The molecule has 0 amide bonds. The lowest BCUT2D eigenvalue weighted by Crippen LogP contribution is -1.93. The zero-order valence-electron chi connectivity index (χ0n) is 14.0. The molecule has 24 heavy (non-hydrogen) atoms. The van der Waals surface area contributed by atoms with Gasteiger partial charge in [-0.3, -0.25) is 4.79 Å². The third-order valence-electron chi connectivity index (χ3n) is 4.14. The maximum absolute atomic E-state index is 10.4. The van der Waals surface area contributed by atoms with Gasteiger partial charge in [0, 0.05) is 11.3 Å². The highest BCUT2D eigenvalue weighted by molar-refractivity contribution is 7.10. The summed E-state index contributed by atoms with van der Waals surface area (Å²) in [7, 11) is 0. The first-order valence-corrected chi connectivity index (χ1v) is 9.57. The van der Waals surface area contributed by atoms with Crippen LogP contribution in [0.1, 0.15) is 54.5 Å². The Morgan fingerprint density at radius 1 is 0.875 bits per heavy atom. The molecular formula is C20H26O3S. The monoisotopic (exact) mass is 346 g/mol. The fraction of sp³-hybridized carbons (Fsp3) is 0.450. The molecule has 2 rings (SSSR count). The molecule has 130 valence electrons. The Labute approximate surface area is 148 Å². The number of thiophene rings is 1. The van der Waals surface area contributed by atoms with Crippen molar-refractivity contribution in [1.82, 2.24) is 0 Å². The van der Waals surface area contributed by atoms with Gasteiger partial charge in [0.05, 0.1) is 0 Å². The van der Waals surface area contributed by atoms with Gasteiger partial charge in [0.1, 0.15) is 5.75 Å². The number of hydrogen-bond acceptors (Lipinski definition) is 3. The Hall–Kier alpha value is -1.81. The molecule has 4 heteroatoms. The van der Waals surface area contributed by atoms with Crippen LogP contribution in [-0.4, -0.2) is 16.2 Å². The standard InChI is InChI=1S/C20H26O3S/c21-18-12-10-16(11-13-18)7-5-8-19-14-17(15-24-19)6-3-1-2-4-9-20(22)23/h10-15,21H,1-9H2,(H,22,23). The molecule has 1 heterocycles. The van der Waals surface area contributed by atoms with E-state index >= 15 is 0 Å². The van der Waals surface area contributed by atoms with Crippen molar-refractivity contribution in [3.63, 3.8) is 0 Å². The molecule has 3 nitrogen and oxygen atoms in total. The number of aliphatic carboxylic acids is 1. The van der Waals surface area contributed by atoms with Crippen LogP contribution < -0.4 is 0 Å². The number of aryl methyl sites for hydroxylation is 3. The summed E-state index contributed by atoms with van der Waals surface area (Å²) in [6.07, 6.45) is 8.71. The number of phenols is 1. The number of rotatable bonds is 11. The first-order chi connectivity index (χ1) is 11.6. The Kier molecular flexibility index (Phi) is 7.83. The molecule has 0 aliphatic heterocycles. The third kappa shape index (κ3) is 7.18. The Balaban J connectivity index is 1.60. The lowest BCUT2D eigenvalue weighted by atomic mass is 10.1. The Bertz CT molecular complexity index is 616. The van der Waals surface area contributed by atoms with Crippen LogP contribution >= 0.6 is 11.3 Å². The summed E-state index contributed by atoms with van der Waals surface area (Å²) >= 11 is 1.84. The lowest BCUT2D eigenvalue weighted by Gasteiger charge is -2.01. The molecule has 0 aliphatic carbocycles. The highest BCUT2D eigenvalue weighted by Crippen LogP contribution is 2.20. The van der Waals surface area contributed by atoms with Gasteiger partial charge in [-0.1, -0.05) is 25.0 Å². The lowest BCUT2D eigenvalue weighted by molar-refractivity contribution is -0.137. The zero-order valence-corrected chi connectivity index (χ0v) is 14.9. The minimum Gasteiger partial charge on any atom is -0.508 e. The number of carbonyl (C=O) groups is 1. The molecule has 0 fully saturated rings. The molecule has 0 atom stereocenters. The number of aromatic hydroxyl groups is 1. The van der Waals surface area contributed by atoms with E-state index in [0.717, 1.165) is 51.4 Å². The SMILES string of the molecule is O=C(O)CCCCCCc1csc(CCCc2ccc(O)cc2)c1. The van der Waals surface area contributed by atoms with Crippen LogP contribution in [0.15, 0.2) is 35.7 Å². The van der Waals surface area contributed by atoms with Gasteiger partial charge in [0.2, 0.25) is 0 Å². The predicted molar refractivity (Wildman–Crippen MR) is 98.9 cm³/mol. The predicted octanol–water partition coefficient (Wildman–Crippen LogP) is 5.21. The summed E-state index contributed by atoms with van der Waals surface area (Å²) in [4.78, 5) is 11.9. The van der Waals surface area contributed by atoms with E-state index in [1.165, 1.54) is 16.0 Å². The van der Waals surface area contributed by atoms with Crippen molar-refractivity contribution < 1.29 is 15.0 Å². The normalized spacial score (nSPS) is 10.8. The van der Waals surface area contributed by atoms with E-state index in [0.29, 0.717) is 12.2 Å². The number of carboxylic acid groups (broad SMARTS) is 1. The Morgan fingerprint density at radius 3 is 2.33 bits per heavy atom. The fourth-order valence-corrected chi connectivity index (χ4v) is 3.75. The highest BCUT2D eigenvalue weighted by Gasteiger charge is 2.02. The molecule has 1 aromatic heterocycles. The molecular weight excluding hydrogens is 320 g/mol. The van der Waals surface area contributed by atoms with E-state index in [2.05, 4.69) is 11.4 Å². The van der Waals surface area contributed by atoms with E-state index in [-0.39, 0.29) is 0 Å². The summed E-state index contributed by atoms with van der Waals surface area (Å²) in [6, 6.07) is 9.78. The average molecular weight is 346 g/mol. The molecule has 1 aromatic carbocycles. The summed E-state index contributed by atoms with van der Waals surface area (Å²) in [5.41, 5.74) is 2.68. The van der Waals surface area contributed by atoms with E-state index in [1.54, 1.807) is 12.1 Å². The smallest absolute Gasteiger partial charge is 0.303 e. The molecule has 0 saturated carbocycles. The molecule has 0 saturated heterocycles. The van der Waals surface area contributed by atoms with Crippen LogP contribution in [-0.2, 0) is 24.1 Å². The van der Waals surface area contributed by atoms with Crippen LogP contribution in [0, 0.1) is 0 Å². The van der Waals surface area contributed by atoms with Crippen LogP contribution in [0.3, 0.4) is 0 Å². The molecule has 0 spiro atoms. The topological polar surface area (TPSA) is 57.5 Å². The molecule has 0 bridgehead atoms. The average Bonchev–Trinajstić information content (AvgIpc) is 3.00. The third-order valence-corrected chi connectivity index (χ3v) is 5.18. The number of carboxylic acids is 1. The number of unbranched alkanes of at least 4 members (excludes halogenated alkanes) is 3. The maximum Gasteiger partial charge on any atom is 0.303 e. The van der Waals surface area contributed by atoms with Gasteiger partial charge in [-0.15, -0.1) is 11.3 Å². The first kappa shape index (κ1) is 18.5. The first-order valence-electron chi connectivity index (χ1n) is 8.69. The van der Waals surface area contributed by atoms with Gasteiger partial charge >= 0.3 is 5.97 Å². The number of benzene rings is 1. The van der Waals surface area contributed by atoms with Gasteiger partial charge in [0.25, 0.3) is 0 Å². The van der Waals surface area contributed by atoms with Gasteiger partial charge < -0.3 is 10.2 Å². The second kappa shape index (κ2) is 10.1. The number of hydrogen-bond donors (Lipinski definition) is 2. The van der Waals surface area contributed by atoms with Crippen LogP contribution in [0.4, 0.5) is 0 Å². The van der Waals surface area contributed by atoms with Crippen LogP contribution in [0.25, 0.3) is 0 Å². The van der Waals surface area contributed by atoms with Crippen molar-refractivity contribution >= 4 is 17.3 Å². The fourth-order valence-electron chi connectivity index (χ4n) is 2.78. The molecule has 0 aliphatic rings. The maximum atomic E-state index is 10.4. The van der Waals surface area contributed by atoms with Crippen molar-refractivity contribution in [2.75, 3.05) is 0 Å². The van der Waals surface area contributed by atoms with Crippen molar-refractivity contribution in [3.05, 3.63) is 51.7 Å². The van der Waals surface area contributed by atoms with E-state index in [4.69, 9.17) is 5.11 Å². The van der Waals surface area contributed by atoms with Crippen molar-refractivity contribution in [1.29, 1.82) is 0 Å². The highest BCUT2D eigenvalue weighted by atomic mass is 32.1. The summed E-state index contributed by atoms with van der Waals surface area (Å²) in [6.45, 7) is 0. The molecule has 0 unspecified atom stereocenters. The largest absolute Gasteiger partial charge is 0.508 e. The molecule has 0 radical (unpaired) electrons. The summed E-state index contributed by atoms with van der Waals surface area (Å²) < 4.78 is 0. The summed E-state index contributed by atoms with van der Waals surface area (Å²) in [5.74, 6) is -0.366. The minimum atomic E-state index is -0.690. The Morgan fingerprint density at radius 2 is 1.58 bits per heavy atom. The van der Waals surface area contributed by atoms with Gasteiger partial charge in [-0.05, 0) is 73.2 Å². The van der Waals surface area contributed by atoms with Crippen molar-refractivity contribution in [2.24, 2.45) is 0 Å². The van der Waals surface area contributed by atoms with Gasteiger partial charge in [-0.2, -0.15) is 0 Å².